The summed E-state index contributed by atoms with van der Waals surface area (Å²) in [7, 11) is 0. The molecule has 3 nitrogen and oxygen atoms in total. The van der Waals surface area contributed by atoms with Crippen molar-refractivity contribution >= 4 is 60.8 Å². The number of benzene rings is 10. The Hall–Kier alpha value is -8.40. The first kappa shape index (κ1) is 36.5. The molecule has 0 aliphatic heterocycles. The van der Waals surface area contributed by atoms with Crippen molar-refractivity contribution in [3.8, 4) is 50.2 Å². The van der Waals surface area contributed by atoms with E-state index >= 15 is 0 Å². The summed E-state index contributed by atoms with van der Waals surface area (Å²) >= 11 is 0. The second-order valence-corrected chi connectivity index (χ2v) is 16.1. The maximum atomic E-state index is 6.27. The lowest BCUT2D eigenvalue weighted by molar-refractivity contribution is 0.669. The van der Waals surface area contributed by atoms with Crippen LogP contribution in [-0.4, -0.2) is 4.57 Å². The highest BCUT2D eigenvalue weighted by Gasteiger charge is 2.19. The van der Waals surface area contributed by atoms with E-state index in [0.29, 0.717) is 0 Å². The van der Waals surface area contributed by atoms with Crippen LogP contribution in [0.3, 0.4) is 0 Å². The van der Waals surface area contributed by atoms with Crippen LogP contribution in [0.15, 0.2) is 247 Å². The topological polar surface area (TPSA) is 21.3 Å². The molecule has 0 aliphatic rings. The van der Waals surface area contributed by atoms with Gasteiger partial charge in [0.15, 0.2) is 0 Å². The molecule has 3 heteroatoms. The molecule has 12 rings (SSSR count). The Balaban J connectivity index is 0.933. The third-order valence-corrected chi connectivity index (χ3v) is 12.5. The summed E-state index contributed by atoms with van der Waals surface area (Å²) in [4.78, 5) is 2.38. The molecule has 0 aliphatic carbocycles. The smallest absolute Gasteiger partial charge is 0.136 e. The lowest BCUT2D eigenvalue weighted by atomic mass is 9.97. The van der Waals surface area contributed by atoms with Gasteiger partial charge in [-0.25, -0.2) is 0 Å². The molecule has 12 aromatic rings. The molecule has 0 saturated carbocycles. The van der Waals surface area contributed by atoms with Gasteiger partial charge in [-0.3, -0.25) is 0 Å². The Morgan fingerprint density at radius 3 is 1.41 bits per heavy atom. The van der Waals surface area contributed by atoms with Crippen LogP contribution >= 0.6 is 0 Å². The first-order chi connectivity index (χ1) is 31.2. The predicted octanol–water partition coefficient (Wildman–Crippen LogP) is 16.8. The van der Waals surface area contributed by atoms with E-state index in [4.69, 9.17) is 4.42 Å². The summed E-state index contributed by atoms with van der Waals surface area (Å²) in [6, 6.07) is 87.1. The van der Waals surface area contributed by atoms with Gasteiger partial charge in [0.05, 0.1) is 16.7 Å². The summed E-state index contributed by atoms with van der Waals surface area (Å²) in [6.45, 7) is 0. The number of rotatable bonds is 8. The van der Waals surface area contributed by atoms with Gasteiger partial charge in [-0.2, -0.15) is 0 Å². The van der Waals surface area contributed by atoms with E-state index in [9.17, 15) is 0 Å². The average Bonchev–Trinajstić information content (AvgIpc) is 3.91. The lowest BCUT2D eigenvalue weighted by Crippen LogP contribution is -2.11. The zero-order valence-electron chi connectivity index (χ0n) is 34.4. The van der Waals surface area contributed by atoms with Crippen molar-refractivity contribution < 1.29 is 4.42 Å². The van der Waals surface area contributed by atoms with Crippen molar-refractivity contribution in [1.82, 2.24) is 4.57 Å². The summed E-state index contributed by atoms with van der Waals surface area (Å²) in [6.07, 6.45) is 0. The zero-order valence-corrected chi connectivity index (χ0v) is 34.4. The molecule has 0 fully saturated rings. The number of fused-ring (bicyclic) bond motifs is 6. The van der Waals surface area contributed by atoms with Gasteiger partial charge in [0, 0.05) is 44.2 Å². The van der Waals surface area contributed by atoms with E-state index in [1.165, 1.54) is 38.5 Å². The van der Waals surface area contributed by atoms with Gasteiger partial charge in [-0.05, 0) is 106 Å². The first-order valence-corrected chi connectivity index (χ1v) is 21.5. The van der Waals surface area contributed by atoms with Gasteiger partial charge in [0.2, 0.25) is 0 Å². The van der Waals surface area contributed by atoms with Gasteiger partial charge < -0.3 is 13.9 Å². The molecule has 63 heavy (non-hydrogen) atoms. The average molecular weight is 805 g/mol. The second-order valence-electron chi connectivity index (χ2n) is 16.1. The van der Waals surface area contributed by atoms with Crippen LogP contribution in [0.25, 0.3) is 93.9 Å². The third kappa shape index (κ3) is 6.38. The van der Waals surface area contributed by atoms with Gasteiger partial charge in [0.1, 0.15) is 11.2 Å². The van der Waals surface area contributed by atoms with Crippen molar-refractivity contribution in [2.45, 2.75) is 0 Å². The highest BCUT2D eigenvalue weighted by atomic mass is 16.3. The fourth-order valence-electron chi connectivity index (χ4n) is 9.42. The van der Waals surface area contributed by atoms with Crippen molar-refractivity contribution in [2.24, 2.45) is 0 Å². The number of para-hydroxylation sites is 4. The van der Waals surface area contributed by atoms with Gasteiger partial charge in [-0.15, -0.1) is 0 Å². The molecule has 0 saturated heterocycles. The lowest BCUT2D eigenvalue weighted by Gasteiger charge is -2.28. The monoisotopic (exact) mass is 804 g/mol. The molecule has 0 radical (unpaired) electrons. The second kappa shape index (κ2) is 15.3. The molecular formula is C60H40N2O. The summed E-state index contributed by atoms with van der Waals surface area (Å²) in [5.41, 5.74) is 18.0. The minimum Gasteiger partial charge on any atom is -0.456 e. The van der Waals surface area contributed by atoms with E-state index in [1.807, 2.05) is 12.1 Å². The van der Waals surface area contributed by atoms with Crippen molar-refractivity contribution in [3.05, 3.63) is 243 Å². The quantitative estimate of drug-likeness (QED) is 0.153. The van der Waals surface area contributed by atoms with Crippen LogP contribution in [0.2, 0.25) is 0 Å². The third-order valence-electron chi connectivity index (χ3n) is 12.5. The van der Waals surface area contributed by atoms with Gasteiger partial charge in [0.25, 0.3) is 0 Å². The minimum atomic E-state index is 0.896. The van der Waals surface area contributed by atoms with Gasteiger partial charge >= 0.3 is 0 Å². The molecule has 2 aromatic heterocycles. The van der Waals surface area contributed by atoms with E-state index in [1.54, 1.807) is 0 Å². The Labute approximate surface area is 366 Å². The molecule has 296 valence electrons. The van der Waals surface area contributed by atoms with Crippen molar-refractivity contribution in [1.29, 1.82) is 0 Å². The summed E-state index contributed by atoms with van der Waals surface area (Å²) < 4.78 is 8.63. The summed E-state index contributed by atoms with van der Waals surface area (Å²) in [5, 5.41) is 4.80. The number of aromatic nitrogens is 1. The maximum Gasteiger partial charge on any atom is 0.136 e. The predicted molar refractivity (Wildman–Crippen MR) is 264 cm³/mol. The van der Waals surface area contributed by atoms with Crippen LogP contribution < -0.4 is 4.90 Å². The van der Waals surface area contributed by atoms with Crippen LogP contribution in [-0.2, 0) is 0 Å². The molecule has 0 spiro atoms. The number of nitrogens with zero attached hydrogens (tertiary/aromatic N) is 2. The molecule has 0 unspecified atom stereocenters. The van der Waals surface area contributed by atoms with Crippen LogP contribution in [0.5, 0.6) is 0 Å². The van der Waals surface area contributed by atoms with E-state index < -0.39 is 0 Å². The van der Waals surface area contributed by atoms with Crippen LogP contribution in [0.1, 0.15) is 0 Å². The molecule has 0 bridgehead atoms. The number of hydrogen-bond acceptors (Lipinski definition) is 2. The van der Waals surface area contributed by atoms with Crippen molar-refractivity contribution in [3.63, 3.8) is 0 Å². The number of anilines is 3. The molecule has 0 amide bonds. The van der Waals surface area contributed by atoms with Crippen LogP contribution in [0.4, 0.5) is 17.1 Å². The highest BCUT2D eigenvalue weighted by Crippen LogP contribution is 2.43. The first-order valence-electron chi connectivity index (χ1n) is 21.5. The molecular weight excluding hydrogens is 765 g/mol. The fraction of sp³-hybridized carbons (Fsp3) is 0. The SMILES string of the molecule is c1ccc(-c2ccc(-c3ccccc3N(c3ccc(-c4ccc(-n5c6ccccc6c6ccccc65)cc4)cc3)c3ccc(-c4cccc5oc6ccccc6c45)cc3)cc2)cc1. The highest BCUT2D eigenvalue weighted by molar-refractivity contribution is 6.12. The van der Waals surface area contributed by atoms with E-state index in [0.717, 1.165) is 72.5 Å². The van der Waals surface area contributed by atoms with Crippen molar-refractivity contribution in [2.75, 3.05) is 4.90 Å². The van der Waals surface area contributed by atoms with Crippen LogP contribution in [0, 0.1) is 0 Å². The van der Waals surface area contributed by atoms with E-state index in [2.05, 4.69) is 240 Å². The maximum absolute atomic E-state index is 6.27. The Morgan fingerprint density at radius 2 is 0.746 bits per heavy atom. The fourth-order valence-corrected chi connectivity index (χ4v) is 9.42. The standard InChI is InChI=1S/C60H40N2O/c1-2-13-41(14-3-1)42-25-27-45(28-26-42)50-15-4-8-20-55(50)61(48-39-33-46(34-40-48)51-19-12-24-59-60(51)54-18-7-11-23-58(54)63-59)47-35-29-43(30-36-47)44-31-37-49(38-32-44)62-56-21-9-5-16-52(56)53-17-6-10-22-57(53)62/h1-40H. The Morgan fingerprint density at radius 1 is 0.302 bits per heavy atom. The van der Waals surface area contributed by atoms with E-state index in [-0.39, 0.29) is 0 Å². The molecule has 2 heterocycles. The minimum absolute atomic E-state index is 0.896. The molecule has 0 N–H and O–H groups in total. The largest absolute Gasteiger partial charge is 0.456 e. The Bertz CT molecular complexity index is 3530. The molecule has 0 atom stereocenters. The normalized spacial score (nSPS) is 11.5. The Kier molecular flexibility index (Phi) is 8.83. The summed E-state index contributed by atoms with van der Waals surface area (Å²) in [5.74, 6) is 0. The zero-order chi connectivity index (χ0) is 41.7. The molecule has 10 aromatic carbocycles. The number of hydrogen-bond donors (Lipinski definition) is 0. The van der Waals surface area contributed by atoms with Gasteiger partial charge in [-0.1, -0.05) is 176 Å². The number of furan rings is 1.